The maximum atomic E-state index is 12.8. The Labute approximate surface area is 188 Å². The van der Waals surface area contributed by atoms with Gasteiger partial charge in [0.2, 0.25) is 0 Å². The highest BCUT2D eigenvalue weighted by Gasteiger charge is 2.55. The number of nitrogens with zero attached hydrogens (tertiary/aromatic N) is 4. The second-order valence-electron chi connectivity index (χ2n) is 9.56. The Balaban J connectivity index is 1.32. The van der Waals surface area contributed by atoms with Crippen LogP contribution in [-0.4, -0.2) is 43.8 Å². The average molecular weight is 448 g/mol. The van der Waals surface area contributed by atoms with E-state index in [1.165, 1.54) is 43.9 Å². The predicted molar refractivity (Wildman–Crippen MR) is 126 cm³/mol. The first-order valence-corrected chi connectivity index (χ1v) is 12.4. The maximum absolute atomic E-state index is 12.8. The Bertz CT molecular complexity index is 1390. The van der Waals surface area contributed by atoms with Gasteiger partial charge < -0.3 is 19.6 Å². The number of hydrogen-bond acceptors (Lipinski definition) is 6. The molecule has 2 aliphatic carbocycles. The number of anilines is 1. The van der Waals surface area contributed by atoms with E-state index in [0.717, 1.165) is 39.6 Å². The molecular weight excluding hydrogens is 422 g/mol. The number of piperidine rings is 1. The number of rotatable bonds is 3. The molecule has 3 aromatic heterocycles. The molecule has 7 nitrogen and oxygen atoms in total. The Hall–Kier alpha value is -2.71. The van der Waals surface area contributed by atoms with Gasteiger partial charge in [-0.2, -0.15) is 0 Å². The summed E-state index contributed by atoms with van der Waals surface area (Å²) < 4.78 is 2.35. The van der Waals surface area contributed by atoms with E-state index in [1.54, 1.807) is 11.3 Å². The Morgan fingerprint density at radius 2 is 1.91 bits per heavy atom. The van der Waals surface area contributed by atoms with Crippen molar-refractivity contribution >= 4 is 38.3 Å². The molecule has 8 heteroatoms. The number of thiophene rings is 1. The van der Waals surface area contributed by atoms with Gasteiger partial charge in [-0.1, -0.05) is 25.3 Å². The molecule has 3 fully saturated rings. The van der Waals surface area contributed by atoms with Crippen molar-refractivity contribution in [3.8, 4) is 10.4 Å². The zero-order chi connectivity index (χ0) is 21.4. The Morgan fingerprint density at radius 1 is 1.09 bits per heavy atom. The van der Waals surface area contributed by atoms with Crippen LogP contribution in [0, 0.1) is 11.8 Å². The molecule has 2 unspecified atom stereocenters. The van der Waals surface area contributed by atoms with Gasteiger partial charge >= 0.3 is 0 Å². The summed E-state index contributed by atoms with van der Waals surface area (Å²) >= 11 is 1.63. The molecule has 1 saturated heterocycles. The zero-order valence-electron chi connectivity index (χ0n) is 17.7. The number of imidazole rings is 1. The lowest BCUT2D eigenvalue weighted by Gasteiger charge is -2.23. The third-order valence-corrected chi connectivity index (χ3v) is 9.01. The van der Waals surface area contributed by atoms with Crippen LogP contribution >= 0.6 is 11.3 Å². The molecule has 0 radical (unpaired) electrons. The van der Waals surface area contributed by atoms with Crippen LogP contribution in [0.4, 0.5) is 5.00 Å². The predicted octanol–water partition coefficient (Wildman–Crippen LogP) is 3.93. The molecule has 0 spiro atoms. The SMILES string of the molecule is O=c1[nH]cnc2c(-c3ccc4c(c3)ncn4C3CCCCC3)sc(N3CC4C(O)C4C3)c12. The molecule has 1 aromatic carbocycles. The highest BCUT2D eigenvalue weighted by atomic mass is 32.1. The first-order valence-electron chi connectivity index (χ1n) is 11.6. The van der Waals surface area contributed by atoms with Crippen molar-refractivity contribution in [1.82, 2.24) is 19.5 Å². The summed E-state index contributed by atoms with van der Waals surface area (Å²) in [5.41, 5.74) is 3.88. The lowest BCUT2D eigenvalue weighted by Crippen LogP contribution is -2.25. The van der Waals surface area contributed by atoms with Crippen molar-refractivity contribution in [2.75, 3.05) is 18.0 Å². The number of nitrogens with one attached hydrogen (secondary N) is 1. The van der Waals surface area contributed by atoms with Crippen LogP contribution in [0.5, 0.6) is 0 Å². The van der Waals surface area contributed by atoms with Gasteiger partial charge in [-0.05, 0) is 30.5 Å². The van der Waals surface area contributed by atoms with E-state index in [9.17, 15) is 9.90 Å². The van der Waals surface area contributed by atoms with Crippen LogP contribution in [0.15, 0.2) is 35.6 Å². The van der Waals surface area contributed by atoms with Crippen LogP contribution in [0.25, 0.3) is 32.4 Å². The third-order valence-electron chi connectivity index (χ3n) is 7.72. The summed E-state index contributed by atoms with van der Waals surface area (Å²) in [6, 6.07) is 7.00. The number of fused-ring (bicyclic) bond motifs is 3. The molecular formula is C24H25N5O2S. The number of aromatic nitrogens is 4. The molecule has 0 amide bonds. The third kappa shape index (κ3) is 2.72. The van der Waals surface area contributed by atoms with Gasteiger partial charge in [0.25, 0.3) is 5.56 Å². The van der Waals surface area contributed by atoms with Crippen molar-refractivity contribution in [2.24, 2.45) is 11.8 Å². The molecule has 4 aromatic rings. The van der Waals surface area contributed by atoms with E-state index in [4.69, 9.17) is 4.98 Å². The molecule has 2 N–H and O–H groups in total. The van der Waals surface area contributed by atoms with Crippen LogP contribution in [0.1, 0.15) is 38.1 Å². The molecule has 32 heavy (non-hydrogen) atoms. The normalized spacial score (nSPS) is 25.7. The Morgan fingerprint density at radius 3 is 2.72 bits per heavy atom. The summed E-state index contributed by atoms with van der Waals surface area (Å²) in [5.74, 6) is 0.679. The summed E-state index contributed by atoms with van der Waals surface area (Å²) in [6.07, 6.45) is 9.69. The van der Waals surface area contributed by atoms with Gasteiger partial charge in [-0.3, -0.25) is 4.79 Å². The number of H-pyrrole nitrogens is 1. The lowest BCUT2D eigenvalue weighted by atomic mass is 9.95. The average Bonchev–Trinajstić information content (AvgIpc) is 3.29. The summed E-state index contributed by atoms with van der Waals surface area (Å²) in [5, 5.41) is 11.6. The van der Waals surface area contributed by atoms with E-state index in [0.29, 0.717) is 23.3 Å². The topological polar surface area (TPSA) is 87.0 Å². The number of aliphatic hydroxyl groups excluding tert-OH is 1. The second-order valence-corrected chi connectivity index (χ2v) is 10.6. The maximum Gasteiger partial charge on any atom is 0.261 e. The van der Waals surface area contributed by atoms with Crippen molar-refractivity contribution in [1.29, 1.82) is 0 Å². The van der Waals surface area contributed by atoms with E-state index >= 15 is 0 Å². The van der Waals surface area contributed by atoms with E-state index in [-0.39, 0.29) is 11.7 Å². The standard InChI is InChI=1S/C24H25N5O2S/c30-21-15-9-28(10-16(15)21)24-19-20(25-11-26-23(19)31)22(32-24)13-6-7-18-17(8-13)27-12-29(18)14-4-2-1-3-5-14/h6-8,11-12,14-16,21,30H,1-5,9-10H2,(H,25,26,31). The van der Waals surface area contributed by atoms with Crippen molar-refractivity contribution in [2.45, 2.75) is 44.2 Å². The molecule has 2 saturated carbocycles. The minimum atomic E-state index is -0.171. The first kappa shape index (κ1) is 18.8. The van der Waals surface area contributed by atoms with Crippen LogP contribution in [0.2, 0.25) is 0 Å². The van der Waals surface area contributed by atoms with E-state index < -0.39 is 0 Å². The largest absolute Gasteiger partial charge is 0.392 e. The molecule has 2 atom stereocenters. The molecule has 3 aliphatic rings. The number of benzene rings is 1. The minimum absolute atomic E-state index is 0.101. The smallest absolute Gasteiger partial charge is 0.261 e. The second kappa shape index (κ2) is 6.89. The first-order chi connectivity index (χ1) is 15.7. The fourth-order valence-electron chi connectivity index (χ4n) is 5.87. The fraction of sp³-hybridized carbons (Fsp3) is 0.458. The fourth-order valence-corrected chi connectivity index (χ4v) is 7.13. The monoisotopic (exact) mass is 447 g/mol. The molecule has 0 bridgehead atoms. The highest BCUT2D eigenvalue weighted by Crippen LogP contribution is 2.50. The van der Waals surface area contributed by atoms with Crippen molar-refractivity contribution in [3.63, 3.8) is 0 Å². The van der Waals surface area contributed by atoms with Crippen LogP contribution in [0.3, 0.4) is 0 Å². The van der Waals surface area contributed by atoms with Gasteiger partial charge in [0.05, 0.1) is 40.2 Å². The quantitative estimate of drug-likeness (QED) is 0.497. The molecule has 4 heterocycles. The van der Waals surface area contributed by atoms with Gasteiger partial charge in [0, 0.05) is 31.0 Å². The number of hydrogen-bond donors (Lipinski definition) is 2. The summed E-state index contributed by atoms with van der Waals surface area (Å²) in [6.45, 7) is 1.61. The van der Waals surface area contributed by atoms with Gasteiger partial charge in [-0.25, -0.2) is 9.97 Å². The van der Waals surface area contributed by atoms with Gasteiger partial charge in [0.1, 0.15) is 10.4 Å². The van der Waals surface area contributed by atoms with Gasteiger partial charge in [-0.15, -0.1) is 11.3 Å². The molecule has 164 valence electrons. The number of aromatic amines is 1. The minimum Gasteiger partial charge on any atom is -0.392 e. The summed E-state index contributed by atoms with van der Waals surface area (Å²) in [4.78, 5) is 28.1. The summed E-state index contributed by atoms with van der Waals surface area (Å²) in [7, 11) is 0. The van der Waals surface area contributed by atoms with Crippen LogP contribution in [-0.2, 0) is 0 Å². The Kier molecular flexibility index (Phi) is 4.05. The zero-order valence-corrected chi connectivity index (χ0v) is 18.5. The molecule has 7 rings (SSSR count). The molecule has 1 aliphatic heterocycles. The van der Waals surface area contributed by atoms with E-state index in [1.807, 2.05) is 6.33 Å². The number of aliphatic hydroxyl groups is 1. The van der Waals surface area contributed by atoms with Gasteiger partial charge in [0.15, 0.2) is 0 Å². The van der Waals surface area contributed by atoms with E-state index in [2.05, 4.69) is 37.6 Å². The van der Waals surface area contributed by atoms with Crippen molar-refractivity contribution in [3.05, 3.63) is 41.2 Å². The highest BCUT2D eigenvalue weighted by molar-refractivity contribution is 7.21. The van der Waals surface area contributed by atoms with Crippen molar-refractivity contribution < 1.29 is 5.11 Å². The van der Waals surface area contributed by atoms with Crippen LogP contribution < -0.4 is 10.5 Å². The lowest BCUT2D eigenvalue weighted by molar-refractivity contribution is 0.241.